The summed E-state index contributed by atoms with van der Waals surface area (Å²) in [5.74, 6) is -0.0568. The van der Waals surface area contributed by atoms with Crippen LogP contribution in [0.3, 0.4) is 0 Å². The normalized spacial score (nSPS) is 15.5. The molecule has 1 aliphatic heterocycles. The molecule has 0 atom stereocenters. The number of carbonyl (C=O) groups is 1. The van der Waals surface area contributed by atoms with Crippen molar-refractivity contribution in [3.05, 3.63) is 41.5 Å². The maximum atomic E-state index is 13.2. The van der Waals surface area contributed by atoms with Crippen LogP contribution >= 0.6 is 11.3 Å². The molecule has 0 unspecified atom stereocenters. The number of rotatable bonds is 6. The number of benzene rings is 1. The van der Waals surface area contributed by atoms with Crippen molar-refractivity contribution < 1.29 is 17.9 Å². The van der Waals surface area contributed by atoms with Gasteiger partial charge in [-0.1, -0.05) is 18.9 Å². The number of nitrogens with one attached hydrogen (secondary N) is 1. The van der Waals surface area contributed by atoms with E-state index in [1.807, 2.05) is 11.4 Å². The molecule has 3 heterocycles. The van der Waals surface area contributed by atoms with E-state index in [1.54, 1.807) is 23.4 Å². The van der Waals surface area contributed by atoms with E-state index in [0.29, 0.717) is 30.2 Å². The Balaban J connectivity index is 1.46. The SMILES string of the molecule is Cc1ccc(NC(=O)COc2ncnc3sccc23)cc1S(=O)(=O)N1CCCCCC1. The van der Waals surface area contributed by atoms with Crippen molar-refractivity contribution >= 4 is 43.2 Å². The Morgan fingerprint density at radius 2 is 1.94 bits per heavy atom. The van der Waals surface area contributed by atoms with Crippen LogP contribution in [0.2, 0.25) is 0 Å². The first-order chi connectivity index (χ1) is 14.9. The van der Waals surface area contributed by atoms with E-state index in [9.17, 15) is 13.2 Å². The Hall–Kier alpha value is -2.56. The Bertz CT molecular complexity index is 1190. The molecule has 1 saturated heterocycles. The molecule has 0 bridgehead atoms. The summed E-state index contributed by atoms with van der Waals surface area (Å²) in [6.45, 7) is 2.58. The maximum absolute atomic E-state index is 13.2. The zero-order chi connectivity index (χ0) is 21.8. The highest BCUT2D eigenvalue weighted by molar-refractivity contribution is 7.89. The lowest BCUT2D eigenvalue weighted by molar-refractivity contribution is -0.118. The van der Waals surface area contributed by atoms with Crippen LogP contribution in [-0.2, 0) is 14.8 Å². The Morgan fingerprint density at radius 1 is 1.16 bits per heavy atom. The molecule has 10 heteroatoms. The number of hydrogen-bond donors (Lipinski definition) is 1. The van der Waals surface area contributed by atoms with Gasteiger partial charge in [0.2, 0.25) is 15.9 Å². The Labute approximate surface area is 185 Å². The Kier molecular flexibility index (Phi) is 6.49. The average molecular weight is 461 g/mol. The lowest BCUT2D eigenvalue weighted by atomic mass is 10.2. The van der Waals surface area contributed by atoms with Gasteiger partial charge in [0.1, 0.15) is 11.2 Å². The molecule has 164 valence electrons. The zero-order valence-electron chi connectivity index (χ0n) is 17.2. The van der Waals surface area contributed by atoms with Gasteiger partial charge >= 0.3 is 0 Å². The van der Waals surface area contributed by atoms with Crippen LogP contribution in [0.5, 0.6) is 5.88 Å². The fourth-order valence-electron chi connectivity index (χ4n) is 3.59. The predicted octanol–water partition coefficient (Wildman–Crippen LogP) is 3.58. The summed E-state index contributed by atoms with van der Waals surface area (Å²) in [5, 5.41) is 5.35. The smallest absolute Gasteiger partial charge is 0.262 e. The van der Waals surface area contributed by atoms with Crippen molar-refractivity contribution in [2.24, 2.45) is 0 Å². The number of anilines is 1. The van der Waals surface area contributed by atoms with Crippen LogP contribution in [0, 0.1) is 6.92 Å². The lowest BCUT2D eigenvalue weighted by Crippen LogP contribution is -2.32. The highest BCUT2D eigenvalue weighted by Crippen LogP contribution is 2.27. The van der Waals surface area contributed by atoms with Crippen molar-refractivity contribution in [2.75, 3.05) is 25.0 Å². The summed E-state index contributed by atoms with van der Waals surface area (Å²) in [4.78, 5) is 21.7. The van der Waals surface area contributed by atoms with Crippen LogP contribution in [0.15, 0.2) is 40.9 Å². The van der Waals surface area contributed by atoms with Gasteiger partial charge in [0, 0.05) is 18.8 Å². The van der Waals surface area contributed by atoms with Gasteiger partial charge in [0.15, 0.2) is 6.61 Å². The second kappa shape index (κ2) is 9.29. The zero-order valence-corrected chi connectivity index (χ0v) is 18.8. The molecule has 0 aliphatic carbocycles. The number of aromatic nitrogens is 2. The molecule has 1 N–H and O–H groups in total. The van der Waals surface area contributed by atoms with Crippen LogP contribution in [0.1, 0.15) is 31.2 Å². The lowest BCUT2D eigenvalue weighted by Gasteiger charge is -2.21. The van der Waals surface area contributed by atoms with Gasteiger partial charge in [-0.05, 0) is 48.9 Å². The van der Waals surface area contributed by atoms with Gasteiger partial charge in [0.25, 0.3) is 5.91 Å². The van der Waals surface area contributed by atoms with Crippen molar-refractivity contribution in [3.63, 3.8) is 0 Å². The number of aryl methyl sites for hydroxylation is 1. The van der Waals surface area contributed by atoms with E-state index in [-0.39, 0.29) is 11.5 Å². The molecule has 4 rings (SSSR count). The third-order valence-corrected chi connectivity index (χ3v) is 8.08. The molecular formula is C21H24N4O4S2. The number of carbonyl (C=O) groups excluding carboxylic acids is 1. The molecule has 0 spiro atoms. The highest BCUT2D eigenvalue weighted by atomic mass is 32.2. The summed E-state index contributed by atoms with van der Waals surface area (Å²) in [6, 6.07) is 6.76. The largest absolute Gasteiger partial charge is 0.467 e. The number of nitrogens with zero attached hydrogens (tertiary/aromatic N) is 3. The number of fused-ring (bicyclic) bond motifs is 1. The summed E-state index contributed by atoms with van der Waals surface area (Å²) >= 11 is 1.46. The van der Waals surface area contributed by atoms with Gasteiger partial charge < -0.3 is 10.1 Å². The maximum Gasteiger partial charge on any atom is 0.262 e. The minimum Gasteiger partial charge on any atom is -0.467 e. The fourth-order valence-corrected chi connectivity index (χ4v) is 6.08. The number of sulfonamides is 1. The third-order valence-electron chi connectivity index (χ3n) is 5.22. The minimum absolute atomic E-state index is 0.226. The molecule has 1 amide bonds. The van der Waals surface area contributed by atoms with Crippen molar-refractivity contribution in [1.29, 1.82) is 0 Å². The average Bonchev–Trinajstić information content (AvgIpc) is 3.06. The van der Waals surface area contributed by atoms with E-state index in [4.69, 9.17) is 4.74 Å². The van der Waals surface area contributed by atoms with Crippen LogP contribution in [-0.4, -0.2) is 48.3 Å². The summed E-state index contributed by atoms with van der Waals surface area (Å²) < 4.78 is 33.5. The van der Waals surface area contributed by atoms with Gasteiger partial charge in [-0.3, -0.25) is 4.79 Å². The molecule has 1 aromatic carbocycles. The summed E-state index contributed by atoms with van der Waals surface area (Å²) in [5.41, 5.74) is 1.07. The second-order valence-corrected chi connectivity index (χ2v) is 10.3. The van der Waals surface area contributed by atoms with Crippen molar-refractivity contribution in [3.8, 4) is 5.88 Å². The molecule has 0 radical (unpaired) electrons. The van der Waals surface area contributed by atoms with E-state index in [2.05, 4.69) is 15.3 Å². The monoisotopic (exact) mass is 460 g/mol. The quantitative estimate of drug-likeness (QED) is 0.603. The van der Waals surface area contributed by atoms with Gasteiger partial charge in [-0.15, -0.1) is 11.3 Å². The van der Waals surface area contributed by atoms with Crippen molar-refractivity contribution in [2.45, 2.75) is 37.5 Å². The van der Waals surface area contributed by atoms with Crippen LogP contribution < -0.4 is 10.1 Å². The molecule has 31 heavy (non-hydrogen) atoms. The standard InChI is InChI=1S/C21H24N4O4S2/c1-15-6-7-16(12-18(15)31(27,28)25-9-4-2-3-5-10-25)24-19(26)13-29-20-17-8-11-30-21(17)23-14-22-20/h6-8,11-12,14H,2-5,9-10,13H2,1H3,(H,24,26). The summed E-state index contributed by atoms with van der Waals surface area (Å²) in [7, 11) is -3.61. The summed E-state index contributed by atoms with van der Waals surface area (Å²) in [6.07, 6.45) is 5.22. The first kappa shape index (κ1) is 21.7. The molecule has 1 fully saturated rings. The number of ether oxygens (including phenoxy) is 1. The first-order valence-corrected chi connectivity index (χ1v) is 12.5. The molecule has 8 nitrogen and oxygen atoms in total. The van der Waals surface area contributed by atoms with Gasteiger partial charge in [-0.2, -0.15) is 4.31 Å². The first-order valence-electron chi connectivity index (χ1n) is 10.2. The van der Waals surface area contributed by atoms with Gasteiger partial charge in [-0.25, -0.2) is 18.4 Å². The van der Waals surface area contributed by atoms with E-state index >= 15 is 0 Å². The minimum atomic E-state index is -3.61. The molecule has 0 saturated carbocycles. The van der Waals surface area contributed by atoms with Crippen LogP contribution in [0.4, 0.5) is 5.69 Å². The fraction of sp³-hybridized carbons (Fsp3) is 0.381. The number of amides is 1. The Morgan fingerprint density at radius 3 is 2.71 bits per heavy atom. The molecule has 2 aromatic heterocycles. The van der Waals surface area contributed by atoms with Crippen LogP contribution in [0.25, 0.3) is 10.2 Å². The van der Waals surface area contributed by atoms with E-state index in [1.165, 1.54) is 23.7 Å². The van der Waals surface area contributed by atoms with Gasteiger partial charge in [0.05, 0.1) is 10.3 Å². The molecule has 1 aliphatic rings. The number of thiophene rings is 1. The topological polar surface area (TPSA) is 101 Å². The molecular weight excluding hydrogens is 436 g/mol. The predicted molar refractivity (Wildman–Crippen MR) is 120 cm³/mol. The van der Waals surface area contributed by atoms with E-state index in [0.717, 1.165) is 35.9 Å². The number of hydrogen-bond acceptors (Lipinski definition) is 7. The third kappa shape index (κ3) is 4.86. The molecule has 3 aromatic rings. The van der Waals surface area contributed by atoms with Crippen molar-refractivity contribution in [1.82, 2.24) is 14.3 Å². The second-order valence-electron chi connectivity index (χ2n) is 7.45. The highest BCUT2D eigenvalue weighted by Gasteiger charge is 2.27. The van der Waals surface area contributed by atoms with E-state index < -0.39 is 15.9 Å².